The van der Waals surface area contributed by atoms with Crippen molar-refractivity contribution in [2.24, 2.45) is 5.73 Å². The van der Waals surface area contributed by atoms with Crippen molar-refractivity contribution < 1.29 is 9.53 Å². The van der Waals surface area contributed by atoms with Crippen LogP contribution >= 0.6 is 12.4 Å². The molecule has 2 rings (SSSR count). The molecule has 0 spiro atoms. The summed E-state index contributed by atoms with van der Waals surface area (Å²) < 4.78 is 5.95. The molecule has 1 aliphatic heterocycles. The van der Waals surface area contributed by atoms with Gasteiger partial charge >= 0.3 is 0 Å². The number of carbonyl (C=O) groups is 1. The molecule has 1 aromatic carbocycles. The Hall–Kier alpha value is -1.26. The lowest BCUT2D eigenvalue weighted by molar-refractivity contribution is -0.134. The first kappa shape index (κ1) is 22.8. The number of halogens is 1. The van der Waals surface area contributed by atoms with Gasteiger partial charge in [-0.1, -0.05) is 53.7 Å². The van der Waals surface area contributed by atoms with Gasteiger partial charge in [-0.2, -0.15) is 0 Å². The zero-order valence-electron chi connectivity index (χ0n) is 17.1. The van der Waals surface area contributed by atoms with E-state index in [1.165, 1.54) is 5.56 Å². The van der Waals surface area contributed by atoms with E-state index in [1.54, 1.807) is 0 Å². The molecule has 1 heterocycles. The monoisotopic (exact) mass is 382 g/mol. The van der Waals surface area contributed by atoms with Crippen molar-refractivity contribution in [3.05, 3.63) is 29.3 Å². The second-order valence-corrected chi connectivity index (χ2v) is 9.22. The van der Waals surface area contributed by atoms with E-state index >= 15 is 0 Å². The van der Waals surface area contributed by atoms with Crippen LogP contribution in [0, 0.1) is 0 Å². The first-order valence-electron chi connectivity index (χ1n) is 9.29. The lowest BCUT2D eigenvalue weighted by atomic mass is 9.80. The number of carbonyl (C=O) groups excluding carboxylic acids is 1. The number of amides is 1. The molecule has 1 aromatic rings. The molecule has 4 nitrogen and oxygen atoms in total. The molecule has 1 saturated heterocycles. The molecular formula is C21H35ClN2O2. The van der Waals surface area contributed by atoms with Crippen molar-refractivity contribution in [3.63, 3.8) is 0 Å². The Balaban J connectivity index is 0.00000338. The normalized spacial score (nSPS) is 16.2. The predicted octanol–water partition coefficient (Wildman–Crippen LogP) is 4.03. The standard InChI is InChI=1S/C21H34N2O2.ClH/c1-20(2,3)15-7-8-18(17(13-15)21(4,5)6)25-14-19(24)23-11-9-16(22)10-12-23;/h7-8,13,16H,9-12,14,22H2,1-6H3;1H. The fourth-order valence-electron chi connectivity index (χ4n) is 3.09. The molecule has 0 saturated carbocycles. The van der Waals surface area contributed by atoms with Gasteiger partial charge < -0.3 is 15.4 Å². The van der Waals surface area contributed by atoms with Gasteiger partial charge in [-0.25, -0.2) is 0 Å². The number of rotatable bonds is 3. The Morgan fingerprint density at radius 1 is 1.12 bits per heavy atom. The summed E-state index contributed by atoms with van der Waals surface area (Å²) in [6.45, 7) is 14.7. The largest absolute Gasteiger partial charge is 0.483 e. The van der Waals surface area contributed by atoms with Gasteiger partial charge in [-0.05, 0) is 40.9 Å². The third-order valence-electron chi connectivity index (χ3n) is 4.90. The molecule has 1 amide bonds. The SMILES string of the molecule is CC(C)(C)c1ccc(OCC(=O)N2CCC(N)CC2)c(C(C)(C)C)c1.Cl. The molecule has 2 N–H and O–H groups in total. The molecule has 0 aliphatic carbocycles. The summed E-state index contributed by atoms with van der Waals surface area (Å²) in [5.74, 6) is 0.856. The fourth-order valence-corrected chi connectivity index (χ4v) is 3.09. The van der Waals surface area contributed by atoms with Gasteiger partial charge in [-0.15, -0.1) is 12.4 Å². The lowest BCUT2D eigenvalue weighted by Crippen LogP contribution is -2.44. The number of likely N-dealkylation sites (tertiary alicyclic amines) is 1. The van der Waals surface area contributed by atoms with E-state index in [4.69, 9.17) is 10.5 Å². The average Bonchev–Trinajstić information content (AvgIpc) is 2.51. The van der Waals surface area contributed by atoms with Gasteiger partial charge in [0.25, 0.3) is 5.91 Å². The van der Waals surface area contributed by atoms with Crippen LogP contribution in [-0.4, -0.2) is 36.5 Å². The van der Waals surface area contributed by atoms with E-state index in [-0.39, 0.29) is 41.8 Å². The molecule has 0 atom stereocenters. The van der Waals surface area contributed by atoms with Crippen molar-refractivity contribution >= 4 is 18.3 Å². The Bertz CT molecular complexity index is 609. The molecule has 5 heteroatoms. The van der Waals surface area contributed by atoms with Crippen LogP contribution < -0.4 is 10.5 Å². The Kier molecular flexibility index (Phi) is 7.55. The molecule has 0 radical (unpaired) electrons. The van der Waals surface area contributed by atoms with Crippen LogP contribution in [0.4, 0.5) is 0 Å². The molecule has 1 fully saturated rings. The first-order valence-corrected chi connectivity index (χ1v) is 9.29. The van der Waals surface area contributed by atoms with Crippen LogP contribution in [0.5, 0.6) is 5.75 Å². The van der Waals surface area contributed by atoms with E-state index in [9.17, 15) is 4.79 Å². The summed E-state index contributed by atoms with van der Waals surface area (Å²) >= 11 is 0. The van der Waals surface area contributed by atoms with E-state index in [2.05, 4.69) is 53.7 Å². The molecule has 1 aliphatic rings. The summed E-state index contributed by atoms with van der Waals surface area (Å²) in [5, 5.41) is 0. The predicted molar refractivity (Wildman–Crippen MR) is 110 cm³/mol. The van der Waals surface area contributed by atoms with Crippen LogP contribution in [-0.2, 0) is 15.6 Å². The molecule has 0 bridgehead atoms. The molecule has 0 aromatic heterocycles. The quantitative estimate of drug-likeness (QED) is 0.858. The van der Waals surface area contributed by atoms with E-state index in [1.807, 2.05) is 11.0 Å². The van der Waals surface area contributed by atoms with Crippen molar-refractivity contribution in [2.75, 3.05) is 19.7 Å². The van der Waals surface area contributed by atoms with Crippen molar-refractivity contribution in [2.45, 2.75) is 71.3 Å². The van der Waals surface area contributed by atoms with Crippen molar-refractivity contribution in [1.82, 2.24) is 4.90 Å². The summed E-state index contributed by atoms with van der Waals surface area (Å²) in [5.41, 5.74) is 8.38. The fraction of sp³-hybridized carbons (Fsp3) is 0.667. The minimum Gasteiger partial charge on any atom is -0.483 e. The first-order chi connectivity index (χ1) is 11.5. The highest BCUT2D eigenvalue weighted by atomic mass is 35.5. The van der Waals surface area contributed by atoms with Gasteiger partial charge in [-0.3, -0.25) is 4.79 Å². The van der Waals surface area contributed by atoms with E-state index in [0.717, 1.165) is 37.2 Å². The number of hydrogen-bond acceptors (Lipinski definition) is 3. The van der Waals surface area contributed by atoms with Gasteiger partial charge in [0.05, 0.1) is 0 Å². The summed E-state index contributed by atoms with van der Waals surface area (Å²) in [7, 11) is 0. The lowest BCUT2D eigenvalue weighted by Gasteiger charge is -2.31. The molecular weight excluding hydrogens is 348 g/mol. The highest BCUT2D eigenvalue weighted by Gasteiger charge is 2.25. The number of benzene rings is 1. The van der Waals surface area contributed by atoms with E-state index < -0.39 is 0 Å². The topological polar surface area (TPSA) is 55.6 Å². The minimum atomic E-state index is -0.0441. The van der Waals surface area contributed by atoms with Gasteiger partial charge in [0.15, 0.2) is 6.61 Å². The number of ether oxygens (including phenoxy) is 1. The van der Waals surface area contributed by atoms with Gasteiger partial charge in [0.2, 0.25) is 0 Å². The van der Waals surface area contributed by atoms with Crippen LogP contribution in [0.25, 0.3) is 0 Å². The minimum absolute atomic E-state index is 0. The Morgan fingerprint density at radius 2 is 1.69 bits per heavy atom. The number of hydrogen-bond donors (Lipinski definition) is 1. The third kappa shape index (κ3) is 5.88. The highest BCUT2D eigenvalue weighted by Crippen LogP contribution is 2.35. The zero-order valence-corrected chi connectivity index (χ0v) is 17.9. The van der Waals surface area contributed by atoms with Gasteiger partial charge in [0, 0.05) is 19.1 Å². The van der Waals surface area contributed by atoms with Crippen LogP contribution in [0.3, 0.4) is 0 Å². The summed E-state index contributed by atoms with van der Waals surface area (Å²) in [4.78, 5) is 14.3. The average molecular weight is 383 g/mol. The molecule has 26 heavy (non-hydrogen) atoms. The van der Waals surface area contributed by atoms with Crippen molar-refractivity contribution in [1.29, 1.82) is 0 Å². The highest BCUT2D eigenvalue weighted by molar-refractivity contribution is 5.85. The Morgan fingerprint density at radius 3 is 2.19 bits per heavy atom. The van der Waals surface area contributed by atoms with Crippen LogP contribution in [0.2, 0.25) is 0 Å². The summed E-state index contributed by atoms with van der Waals surface area (Å²) in [6, 6.07) is 6.57. The smallest absolute Gasteiger partial charge is 0.260 e. The van der Waals surface area contributed by atoms with Crippen LogP contribution in [0.15, 0.2) is 18.2 Å². The number of piperidine rings is 1. The van der Waals surface area contributed by atoms with Crippen molar-refractivity contribution in [3.8, 4) is 5.75 Å². The maximum atomic E-state index is 12.4. The third-order valence-corrected chi connectivity index (χ3v) is 4.90. The zero-order chi connectivity index (χ0) is 18.8. The molecule has 0 unspecified atom stereocenters. The Labute approximate surface area is 164 Å². The number of nitrogens with zero attached hydrogens (tertiary/aromatic N) is 1. The second kappa shape index (κ2) is 8.62. The summed E-state index contributed by atoms with van der Waals surface area (Å²) in [6.07, 6.45) is 1.75. The second-order valence-electron chi connectivity index (χ2n) is 9.22. The maximum Gasteiger partial charge on any atom is 0.260 e. The van der Waals surface area contributed by atoms with E-state index in [0.29, 0.717) is 0 Å². The number of nitrogens with two attached hydrogens (primary N) is 1. The van der Waals surface area contributed by atoms with Crippen LogP contribution in [0.1, 0.15) is 65.5 Å². The molecule has 148 valence electrons. The van der Waals surface area contributed by atoms with Gasteiger partial charge in [0.1, 0.15) is 5.75 Å². The maximum absolute atomic E-state index is 12.4.